The van der Waals surface area contributed by atoms with E-state index in [2.05, 4.69) is 5.32 Å². The van der Waals surface area contributed by atoms with Gasteiger partial charge in [0.2, 0.25) is 0 Å². The van der Waals surface area contributed by atoms with Crippen molar-refractivity contribution in [3.8, 4) is 0 Å². The fourth-order valence-corrected chi connectivity index (χ4v) is 1.74. The zero-order chi connectivity index (χ0) is 15.1. The molecule has 0 radical (unpaired) electrons. The molecular formula is C12H23F3N2O2. The molecule has 0 saturated carbocycles. The lowest BCUT2D eigenvalue weighted by Crippen LogP contribution is -2.52. The van der Waals surface area contributed by atoms with Gasteiger partial charge in [0, 0.05) is 6.54 Å². The maximum absolute atomic E-state index is 12.2. The van der Waals surface area contributed by atoms with Crippen molar-refractivity contribution in [2.75, 3.05) is 33.3 Å². The van der Waals surface area contributed by atoms with E-state index in [9.17, 15) is 18.0 Å². The lowest BCUT2D eigenvalue weighted by molar-refractivity contribution is -0.152. The van der Waals surface area contributed by atoms with E-state index in [0.29, 0.717) is 6.54 Å². The van der Waals surface area contributed by atoms with E-state index in [0.717, 1.165) is 4.90 Å². The van der Waals surface area contributed by atoms with Crippen LogP contribution in [0.15, 0.2) is 0 Å². The number of nitrogens with zero attached hydrogens (tertiary/aromatic N) is 1. The molecule has 0 fully saturated rings. The molecule has 1 atom stereocenters. The normalized spacial score (nSPS) is 15.4. The molecule has 4 nitrogen and oxygen atoms in total. The van der Waals surface area contributed by atoms with Gasteiger partial charge in [-0.25, -0.2) is 0 Å². The number of rotatable bonds is 8. The van der Waals surface area contributed by atoms with E-state index in [4.69, 9.17) is 4.74 Å². The average molecular weight is 284 g/mol. The van der Waals surface area contributed by atoms with Crippen molar-refractivity contribution >= 4 is 5.97 Å². The van der Waals surface area contributed by atoms with Gasteiger partial charge in [-0.05, 0) is 33.9 Å². The molecule has 0 aromatic carbocycles. The maximum Gasteiger partial charge on any atom is 0.401 e. The second kappa shape index (κ2) is 7.69. The number of ether oxygens (including phenoxy) is 1. The second-order valence-corrected chi connectivity index (χ2v) is 4.69. The molecular weight excluding hydrogens is 261 g/mol. The van der Waals surface area contributed by atoms with Crippen molar-refractivity contribution < 1.29 is 22.7 Å². The van der Waals surface area contributed by atoms with Crippen LogP contribution in [0.1, 0.15) is 27.2 Å². The van der Waals surface area contributed by atoms with Crippen LogP contribution in [0.5, 0.6) is 0 Å². The van der Waals surface area contributed by atoms with Crippen LogP contribution < -0.4 is 5.32 Å². The van der Waals surface area contributed by atoms with Crippen molar-refractivity contribution in [3.63, 3.8) is 0 Å². The lowest BCUT2D eigenvalue weighted by atomic mass is 9.97. The molecule has 0 heterocycles. The van der Waals surface area contributed by atoms with Gasteiger partial charge in [-0.3, -0.25) is 9.69 Å². The van der Waals surface area contributed by atoms with Crippen LogP contribution in [0.4, 0.5) is 13.2 Å². The maximum atomic E-state index is 12.2. The Kier molecular flexibility index (Phi) is 7.36. The van der Waals surface area contributed by atoms with Crippen molar-refractivity contribution in [1.82, 2.24) is 10.2 Å². The van der Waals surface area contributed by atoms with E-state index in [1.165, 1.54) is 7.05 Å². The molecule has 114 valence electrons. The van der Waals surface area contributed by atoms with Crippen LogP contribution in [-0.4, -0.2) is 55.9 Å². The average Bonchev–Trinajstić information content (AvgIpc) is 2.25. The number of carbonyl (C=O) groups is 1. The zero-order valence-corrected chi connectivity index (χ0v) is 11.9. The van der Waals surface area contributed by atoms with E-state index < -0.39 is 24.2 Å². The van der Waals surface area contributed by atoms with Crippen LogP contribution in [0, 0.1) is 0 Å². The van der Waals surface area contributed by atoms with Crippen LogP contribution >= 0.6 is 0 Å². The number of halogens is 3. The fourth-order valence-electron chi connectivity index (χ4n) is 1.74. The second-order valence-electron chi connectivity index (χ2n) is 4.69. The number of alkyl halides is 3. The molecule has 0 aliphatic carbocycles. The molecule has 0 aliphatic rings. The molecule has 0 aliphatic heterocycles. The quantitative estimate of drug-likeness (QED) is 0.690. The van der Waals surface area contributed by atoms with E-state index in [1.54, 1.807) is 13.8 Å². The van der Waals surface area contributed by atoms with Crippen LogP contribution in [0.2, 0.25) is 0 Å². The molecule has 0 spiro atoms. The van der Waals surface area contributed by atoms with E-state index >= 15 is 0 Å². The summed E-state index contributed by atoms with van der Waals surface area (Å²) in [6.45, 7) is 5.13. The molecule has 0 aromatic rings. The molecule has 0 aromatic heterocycles. The highest BCUT2D eigenvalue weighted by molar-refractivity contribution is 5.80. The van der Waals surface area contributed by atoms with Crippen molar-refractivity contribution in [1.29, 1.82) is 0 Å². The summed E-state index contributed by atoms with van der Waals surface area (Å²) in [6, 6.07) is 0. The van der Waals surface area contributed by atoms with Crippen molar-refractivity contribution in [2.24, 2.45) is 0 Å². The van der Waals surface area contributed by atoms with Gasteiger partial charge in [-0.2, -0.15) is 13.2 Å². The third-order valence-corrected chi connectivity index (χ3v) is 2.74. The Morgan fingerprint density at radius 2 is 1.89 bits per heavy atom. The van der Waals surface area contributed by atoms with Crippen LogP contribution in [0.25, 0.3) is 0 Å². The minimum atomic E-state index is -4.23. The van der Waals surface area contributed by atoms with Gasteiger partial charge in [0.05, 0.1) is 13.2 Å². The smallest absolute Gasteiger partial charge is 0.401 e. The summed E-state index contributed by atoms with van der Waals surface area (Å²) in [5.74, 6) is -0.433. The Balaban J connectivity index is 4.46. The highest BCUT2D eigenvalue weighted by atomic mass is 19.4. The van der Waals surface area contributed by atoms with Crippen LogP contribution in [0.3, 0.4) is 0 Å². The molecule has 0 rings (SSSR count). The standard InChI is InChI=1S/C12H23F3N2O2/c1-5-16-11(3,10(18)19-6-2)7-8-17(4)9-12(13,14)15/h16H,5-9H2,1-4H3. The Bertz CT molecular complexity index is 285. The predicted molar refractivity (Wildman–Crippen MR) is 66.9 cm³/mol. The summed E-state index contributed by atoms with van der Waals surface area (Å²) < 4.78 is 41.6. The summed E-state index contributed by atoms with van der Waals surface area (Å²) in [5, 5.41) is 2.98. The van der Waals surface area contributed by atoms with Gasteiger partial charge in [-0.15, -0.1) is 0 Å². The highest BCUT2D eigenvalue weighted by Gasteiger charge is 2.35. The first-order chi connectivity index (χ1) is 8.64. The molecule has 1 unspecified atom stereocenters. The monoisotopic (exact) mass is 284 g/mol. The summed E-state index contributed by atoms with van der Waals surface area (Å²) in [7, 11) is 1.38. The fraction of sp³-hybridized carbons (Fsp3) is 0.917. The first-order valence-electron chi connectivity index (χ1n) is 6.32. The SMILES string of the molecule is CCNC(C)(CCN(C)CC(F)(F)F)C(=O)OCC. The first-order valence-corrected chi connectivity index (χ1v) is 6.32. The summed E-state index contributed by atoms with van der Waals surface area (Å²) in [6.07, 6.45) is -3.97. The van der Waals surface area contributed by atoms with Crippen molar-refractivity contribution in [3.05, 3.63) is 0 Å². The first kappa shape index (κ1) is 18.2. The Labute approximate surface area is 112 Å². The van der Waals surface area contributed by atoms with Gasteiger partial charge in [-0.1, -0.05) is 6.92 Å². The lowest BCUT2D eigenvalue weighted by Gasteiger charge is -2.30. The number of esters is 1. The van der Waals surface area contributed by atoms with Gasteiger partial charge in [0.1, 0.15) is 5.54 Å². The Hall–Kier alpha value is -0.820. The van der Waals surface area contributed by atoms with Crippen molar-refractivity contribution in [2.45, 2.75) is 38.9 Å². The number of nitrogens with one attached hydrogen (secondary N) is 1. The number of hydrogen-bond acceptors (Lipinski definition) is 4. The third-order valence-electron chi connectivity index (χ3n) is 2.74. The minimum absolute atomic E-state index is 0.155. The summed E-state index contributed by atoms with van der Waals surface area (Å²) in [4.78, 5) is 13.0. The zero-order valence-electron chi connectivity index (χ0n) is 11.9. The van der Waals surface area contributed by atoms with Gasteiger partial charge < -0.3 is 10.1 Å². The highest BCUT2D eigenvalue weighted by Crippen LogP contribution is 2.18. The molecule has 7 heteroatoms. The Morgan fingerprint density at radius 3 is 2.32 bits per heavy atom. The molecule has 19 heavy (non-hydrogen) atoms. The number of carbonyl (C=O) groups excluding carboxylic acids is 1. The molecule has 0 amide bonds. The summed E-state index contributed by atoms with van der Waals surface area (Å²) >= 11 is 0. The largest absolute Gasteiger partial charge is 0.465 e. The van der Waals surface area contributed by atoms with Gasteiger partial charge in [0.15, 0.2) is 0 Å². The Morgan fingerprint density at radius 1 is 1.32 bits per heavy atom. The van der Waals surface area contributed by atoms with Crippen LogP contribution in [-0.2, 0) is 9.53 Å². The summed E-state index contributed by atoms with van der Waals surface area (Å²) in [5.41, 5.74) is -0.954. The molecule has 1 N–H and O–H groups in total. The van der Waals surface area contributed by atoms with E-state index in [1.807, 2.05) is 6.92 Å². The van der Waals surface area contributed by atoms with E-state index in [-0.39, 0.29) is 19.6 Å². The third kappa shape index (κ3) is 7.37. The van der Waals surface area contributed by atoms with Gasteiger partial charge in [0.25, 0.3) is 0 Å². The molecule has 0 saturated heterocycles. The minimum Gasteiger partial charge on any atom is -0.465 e. The topological polar surface area (TPSA) is 41.6 Å². The number of hydrogen-bond donors (Lipinski definition) is 1. The number of likely N-dealkylation sites (N-methyl/N-ethyl adjacent to an activating group) is 1. The van der Waals surface area contributed by atoms with Gasteiger partial charge >= 0.3 is 12.1 Å². The predicted octanol–water partition coefficient (Wildman–Crippen LogP) is 1.80. The molecule has 0 bridgehead atoms.